The first-order valence-corrected chi connectivity index (χ1v) is 18.6. The minimum absolute atomic E-state index is 0.149. The molecule has 0 heterocycles. The van der Waals surface area contributed by atoms with Gasteiger partial charge in [-0.05, 0) is 102 Å². The van der Waals surface area contributed by atoms with Gasteiger partial charge in [0.2, 0.25) is 0 Å². The highest BCUT2D eigenvalue weighted by atomic mass is 16.6. The Balaban J connectivity index is 1.31. The van der Waals surface area contributed by atoms with E-state index in [2.05, 4.69) is 13.2 Å². The molecule has 0 saturated heterocycles. The molecule has 3 rings (SSSR count). The summed E-state index contributed by atoms with van der Waals surface area (Å²) >= 11 is 0. The first-order chi connectivity index (χ1) is 27.5. The van der Waals surface area contributed by atoms with Gasteiger partial charge in [0.05, 0.1) is 37.5 Å². The Hall–Kier alpha value is -6.32. The average Bonchev–Trinajstić information content (AvgIpc) is 3.18. The van der Waals surface area contributed by atoms with Crippen LogP contribution in [-0.4, -0.2) is 73.2 Å². The zero-order chi connectivity index (χ0) is 42.8. The lowest BCUT2D eigenvalue weighted by atomic mass is 9.82. The maximum atomic E-state index is 12.8. The Morgan fingerprint density at radius 1 is 0.500 bits per heavy atom. The lowest BCUT2D eigenvalue weighted by Crippen LogP contribution is -2.30. The molecule has 0 spiro atoms. The molecular weight excluding hydrogens is 760 g/mol. The Labute approximate surface area is 335 Å². The fraction of sp³-hybridized carbons (Fsp3) is 0.429. The number of hydrogen-bond donors (Lipinski definition) is 0. The van der Waals surface area contributed by atoms with Gasteiger partial charge in [-0.3, -0.25) is 28.8 Å². The Bertz CT molecular complexity index is 1820. The van der Waals surface area contributed by atoms with E-state index in [-0.39, 0.29) is 73.0 Å². The molecule has 0 aliphatic heterocycles. The number of esters is 8. The van der Waals surface area contributed by atoms with Gasteiger partial charge in [0.1, 0.15) is 48.4 Å². The fourth-order valence-electron chi connectivity index (χ4n) is 5.12. The highest BCUT2D eigenvalue weighted by molar-refractivity contribution is 5.87. The lowest BCUT2D eigenvalue weighted by molar-refractivity contribution is -0.157. The van der Waals surface area contributed by atoms with Crippen molar-refractivity contribution in [3.63, 3.8) is 0 Å². The van der Waals surface area contributed by atoms with Gasteiger partial charge in [0, 0.05) is 11.1 Å². The Morgan fingerprint density at radius 2 is 0.845 bits per heavy atom. The molecule has 1 fully saturated rings. The predicted molar refractivity (Wildman–Crippen MR) is 202 cm³/mol. The first-order valence-electron chi connectivity index (χ1n) is 18.6. The highest BCUT2D eigenvalue weighted by Crippen LogP contribution is 2.32. The van der Waals surface area contributed by atoms with Crippen molar-refractivity contribution in [3.8, 4) is 23.0 Å². The van der Waals surface area contributed by atoms with E-state index in [1.807, 2.05) is 0 Å². The zero-order valence-corrected chi connectivity index (χ0v) is 32.9. The Morgan fingerprint density at radius 3 is 1.26 bits per heavy atom. The largest absolute Gasteiger partial charge is 0.462 e. The van der Waals surface area contributed by atoms with Crippen LogP contribution in [0.1, 0.15) is 79.1 Å². The average molecular weight is 809 g/mol. The summed E-state index contributed by atoms with van der Waals surface area (Å²) in [7, 11) is 0. The van der Waals surface area contributed by atoms with Crippen LogP contribution in [0, 0.1) is 11.8 Å². The van der Waals surface area contributed by atoms with Crippen LogP contribution in [0.25, 0.3) is 0 Å². The predicted octanol–water partition coefficient (Wildman–Crippen LogP) is 5.48. The van der Waals surface area contributed by atoms with Crippen LogP contribution in [-0.2, 0) is 57.3 Å². The third-order valence-corrected chi connectivity index (χ3v) is 8.27. The van der Waals surface area contributed by atoms with Gasteiger partial charge >= 0.3 is 47.8 Å². The molecule has 0 N–H and O–H groups in total. The van der Waals surface area contributed by atoms with Crippen LogP contribution >= 0.6 is 0 Å². The second kappa shape index (κ2) is 23.0. The normalized spacial score (nSPS) is 15.6. The summed E-state index contributed by atoms with van der Waals surface area (Å²) in [5.41, 5.74) is 0.431. The van der Waals surface area contributed by atoms with E-state index < -0.39 is 71.8 Å². The number of benzene rings is 2. The van der Waals surface area contributed by atoms with Crippen LogP contribution in [0.3, 0.4) is 0 Å². The molecule has 2 aromatic rings. The standard InChI is InChI=1S/C42H48O16/c1-25(2)39(47)52-24-27(5)53-36(44)21-22-38(46)56-32-13-17-34(18-14-32)58-42(50)30-9-7-29(8-10-30)41(49)57-33-15-11-31(12-16-33)55-37(45)20-19-35(43)51-23-28(6)54-40(48)26(3)4/h11-18,27-30H,1,3,7-10,19-24H2,2,4-6H3. The van der Waals surface area contributed by atoms with E-state index in [9.17, 15) is 38.4 Å². The van der Waals surface area contributed by atoms with Crippen LogP contribution in [0.4, 0.5) is 0 Å². The third kappa shape index (κ3) is 16.8. The zero-order valence-electron chi connectivity index (χ0n) is 32.9. The van der Waals surface area contributed by atoms with Crippen molar-refractivity contribution >= 4 is 47.8 Å². The molecule has 0 bridgehead atoms. The summed E-state index contributed by atoms with van der Waals surface area (Å²) in [6, 6.07) is 11.6. The molecule has 0 amide bonds. The van der Waals surface area contributed by atoms with Crippen LogP contribution in [0.2, 0.25) is 0 Å². The van der Waals surface area contributed by atoms with E-state index in [1.165, 1.54) is 62.4 Å². The maximum absolute atomic E-state index is 12.8. The van der Waals surface area contributed by atoms with Gasteiger partial charge in [-0.15, -0.1) is 0 Å². The Kier molecular flexibility index (Phi) is 18.3. The summed E-state index contributed by atoms with van der Waals surface area (Å²) in [5, 5.41) is 0. The minimum atomic E-state index is -0.710. The van der Waals surface area contributed by atoms with Crippen molar-refractivity contribution in [1.29, 1.82) is 0 Å². The summed E-state index contributed by atoms with van der Waals surface area (Å²) < 4.78 is 41.5. The smallest absolute Gasteiger partial charge is 0.333 e. The molecule has 16 heteroatoms. The minimum Gasteiger partial charge on any atom is -0.462 e. The van der Waals surface area contributed by atoms with Gasteiger partial charge in [-0.1, -0.05) is 13.2 Å². The van der Waals surface area contributed by atoms with Gasteiger partial charge in [0.25, 0.3) is 0 Å². The highest BCUT2D eigenvalue weighted by Gasteiger charge is 2.32. The van der Waals surface area contributed by atoms with E-state index >= 15 is 0 Å². The van der Waals surface area contributed by atoms with Crippen molar-refractivity contribution in [1.82, 2.24) is 0 Å². The monoisotopic (exact) mass is 808 g/mol. The molecule has 2 aromatic carbocycles. The molecule has 1 aliphatic rings. The molecule has 0 radical (unpaired) electrons. The number of rotatable bonds is 20. The quantitative estimate of drug-likeness (QED) is 0.0702. The molecule has 2 atom stereocenters. The second-order valence-electron chi connectivity index (χ2n) is 13.6. The molecule has 16 nitrogen and oxygen atoms in total. The second-order valence-corrected chi connectivity index (χ2v) is 13.6. The lowest BCUT2D eigenvalue weighted by Gasteiger charge is -2.25. The molecule has 2 unspecified atom stereocenters. The number of carbonyl (C=O) groups is 8. The fourth-order valence-corrected chi connectivity index (χ4v) is 5.12. The van der Waals surface area contributed by atoms with Gasteiger partial charge in [0.15, 0.2) is 0 Å². The number of ether oxygens (including phenoxy) is 8. The van der Waals surface area contributed by atoms with Crippen molar-refractivity contribution < 1.29 is 76.3 Å². The number of hydrogen-bond acceptors (Lipinski definition) is 16. The topological polar surface area (TPSA) is 210 Å². The van der Waals surface area contributed by atoms with Crippen molar-refractivity contribution in [2.24, 2.45) is 11.8 Å². The van der Waals surface area contributed by atoms with Crippen LogP contribution in [0.15, 0.2) is 72.8 Å². The van der Waals surface area contributed by atoms with E-state index in [0.29, 0.717) is 25.7 Å². The van der Waals surface area contributed by atoms with E-state index in [4.69, 9.17) is 37.9 Å². The van der Waals surface area contributed by atoms with Crippen molar-refractivity contribution in [2.45, 2.75) is 91.3 Å². The van der Waals surface area contributed by atoms with Gasteiger partial charge in [-0.2, -0.15) is 0 Å². The molecular formula is C42H48O16. The SMILES string of the molecule is C=C(C)C(=O)OCC(C)OC(=O)CCC(=O)Oc1ccc(OC(=O)C2CCC(C(=O)Oc3ccc(OC(=O)CCC(=O)OCC(C)OC(=O)C(=C)C)cc3)CC2)cc1. The summed E-state index contributed by atoms with van der Waals surface area (Å²) in [5.74, 6) is -4.87. The molecule has 312 valence electrons. The summed E-state index contributed by atoms with van der Waals surface area (Å²) in [6.07, 6.45) is -0.777. The third-order valence-electron chi connectivity index (χ3n) is 8.27. The molecule has 0 aromatic heterocycles. The van der Waals surface area contributed by atoms with Gasteiger partial charge in [-0.25, -0.2) is 9.59 Å². The van der Waals surface area contributed by atoms with E-state index in [1.54, 1.807) is 13.8 Å². The summed E-state index contributed by atoms with van der Waals surface area (Å²) in [4.78, 5) is 97.0. The van der Waals surface area contributed by atoms with Crippen LogP contribution < -0.4 is 18.9 Å². The van der Waals surface area contributed by atoms with Crippen molar-refractivity contribution in [2.75, 3.05) is 13.2 Å². The maximum Gasteiger partial charge on any atom is 0.333 e. The van der Waals surface area contributed by atoms with Gasteiger partial charge < -0.3 is 37.9 Å². The molecule has 58 heavy (non-hydrogen) atoms. The van der Waals surface area contributed by atoms with Crippen molar-refractivity contribution in [3.05, 3.63) is 72.8 Å². The summed E-state index contributed by atoms with van der Waals surface area (Å²) in [6.45, 7) is 12.7. The number of carbonyl (C=O) groups excluding carboxylic acids is 8. The first kappa shape index (κ1) is 46.1. The molecule has 1 aliphatic carbocycles. The van der Waals surface area contributed by atoms with Crippen LogP contribution in [0.5, 0.6) is 23.0 Å². The molecule has 1 saturated carbocycles. The van der Waals surface area contributed by atoms with E-state index in [0.717, 1.165) is 0 Å².